The van der Waals surface area contributed by atoms with Gasteiger partial charge in [-0.3, -0.25) is 4.79 Å². The second-order valence-electron chi connectivity index (χ2n) is 4.10. The predicted molar refractivity (Wildman–Crippen MR) is 71.7 cm³/mol. The van der Waals surface area contributed by atoms with Gasteiger partial charge in [-0.25, -0.2) is 0 Å². The Kier molecular flexibility index (Phi) is 5.45. The van der Waals surface area contributed by atoms with Crippen molar-refractivity contribution >= 4 is 17.5 Å². The normalized spacial score (nSPS) is 10.4. The van der Waals surface area contributed by atoms with E-state index in [1.807, 2.05) is 33.2 Å². The lowest BCUT2D eigenvalue weighted by molar-refractivity contribution is 0.0793. The molecule has 4 heteroatoms. The SMILES string of the molecule is CNCCCN(C)C(=O)c1cccc(Cl)c1C. The van der Waals surface area contributed by atoms with E-state index in [-0.39, 0.29) is 5.91 Å². The summed E-state index contributed by atoms with van der Waals surface area (Å²) in [7, 11) is 3.72. The van der Waals surface area contributed by atoms with Gasteiger partial charge in [0.25, 0.3) is 5.91 Å². The maximum Gasteiger partial charge on any atom is 0.253 e. The lowest BCUT2D eigenvalue weighted by atomic mass is 10.1. The minimum Gasteiger partial charge on any atom is -0.342 e. The van der Waals surface area contributed by atoms with Crippen molar-refractivity contribution < 1.29 is 4.79 Å². The number of carbonyl (C=O) groups excluding carboxylic acids is 1. The molecular formula is C13H19ClN2O. The zero-order valence-corrected chi connectivity index (χ0v) is 11.3. The summed E-state index contributed by atoms with van der Waals surface area (Å²) in [4.78, 5) is 13.9. The minimum absolute atomic E-state index is 0.0288. The van der Waals surface area contributed by atoms with Gasteiger partial charge in [0, 0.05) is 24.2 Å². The molecular weight excluding hydrogens is 236 g/mol. The van der Waals surface area contributed by atoms with E-state index in [0.717, 1.165) is 25.1 Å². The number of hydrogen-bond acceptors (Lipinski definition) is 2. The van der Waals surface area contributed by atoms with E-state index in [0.29, 0.717) is 10.6 Å². The van der Waals surface area contributed by atoms with Gasteiger partial charge in [-0.05, 0) is 44.6 Å². The molecule has 1 amide bonds. The molecule has 0 saturated heterocycles. The summed E-state index contributed by atoms with van der Waals surface area (Å²) in [6, 6.07) is 5.43. The molecule has 0 radical (unpaired) electrons. The van der Waals surface area contributed by atoms with Crippen LogP contribution in [0.1, 0.15) is 22.3 Å². The highest BCUT2D eigenvalue weighted by molar-refractivity contribution is 6.31. The van der Waals surface area contributed by atoms with Crippen molar-refractivity contribution in [2.75, 3.05) is 27.2 Å². The summed E-state index contributed by atoms with van der Waals surface area (Å²) >= 11 is 6.01. The van der Waals surface area contributed by atoms with Crippen LogP contribution in [0.5, 0.6) is 0 Å². The Morgan fingerprint density at radius 1 is 1.47 bits per heavy atom. The molecule has 0 aromatic heterocycles. The zero-order chi connectivity index (χ0) is 12.8. The highest BCUT2D eigenvalue weighted by Gasteiger charge is 2.14. The highest BCUT2D eigenvalue weighted by Crippen LogP contribution is 2.19. The Balaban J connectivity index is 2.71. The van der Waals surface area contributed by atoms with Crippen molar-refractivity contribution in [2.24, 2.45) is 0 Å². The first-order valence-electron chi connectivity index (χ1n) is 5.73. The molecule has 0 bridgehead atoms. The lowest BCUT2D eigenvalue weighted by Crippen LogP contribution is -2.29. The number of nitrogens with one attached hydrogen (secondary N) is 1. The summed E-state index contributed by atoms with van der Waals surface area (Å²) in [5.74, 6) is 0.0288. The lowest BCUT2D eigenvalue weighted by Gasteiger charge is -2.18. The molecule has 1 rings (SSSR count). The van der Waals surface area contributed by atoms with Crippen LogP contribution in [0, 0.1) is 6.92 Å². The Morgan fingerprint density at radius 3 is 2.82 bits per heavy atom. The van der Waals surface area contributed by atoms with Gasteiger partial charge in [0.1, 0.15) is 0 Å². The van der Waals surface area contributed by atoms with E-state index >= 15 is 0 Å². The fourth-order valence-electron chi connectivity index (χ4n) is 1.64. The van der Waals surface area contributed by atoms with Gasteiger partial charge < -0.3 is 10.2 Å². The molecule has 1 aromatic carbocycles. The van der Waals surface area contributed by atoms with Gasteiger partial charge >= 0.3 is 0 Å². The predicted octanol–water partition coefficient (Wildman–Crippen LogP) is 2.33. The quantitative estimate of drug-likeness (QED) is 0.818. The first-order valence-corrected chi connectivity index (χ1v) is 6.11. The molecule has 0 aliphatic carbocycles. The molecule has 0 aliphatic heterocycles. The summed E-state index contributed by atoms with van der Waals surface area (Å²) in [5, 5.41) is 3.70. The van der Waals surface area contributed by atoms with E-state index in [4.69, 9.17) is 11.6 Å². The molecule has 0 aliphatic rings. The Morgan fingerprint density at radius 2 is 2.18 bits per heavy atom. The number of carbonyl (C=O) groups is 1. The van der Waals surface area contributed by atoms with Crippen molar-refractivity contribution in [3.63, 3.8) is 0 Å². The molecule has 0 spiro atoms. The molecule has 1 aromatic rings. The molecule has 1 N–H and O–H groups in total. The van der Waals surface area contributed by atoms with Crippen LogP contribution in [0.15, 0.2) is 18.2 Å². The Bertz CT molecular complexity index is 393. The maximum atomic E-state index is 12.2. The molecule has 0 fully saturated rings. The van der Waals surface area contributed by atoms with Gasteiger partial charge in [-0.15, -0.1) is 0 Å². The summed E-state index contributed by atoms with van der Waals surface area (Å²) in [5.41, 5.74) is 1.53. The first-order chi connectivity index (χ1) is 8.07. The third-order valence-electron chi connectivity index (χ3n) is 2.77. The third-order valence-corrected chi connectivity index (χ3v) is 3.17. The molecule has 0 heterocycles. The van der Waals surface area contributed by atoms with Crippen LogP contribution in [0.3, 0.4) is 0 Å². The number of amides is 1. The number of rotatable bonds is 5. The second-order valence-corrected chi connectivity index (χ2v) is 4.50. The maximum absolute atomic E-state index is 12.2. The van der Waals surface area contributed by atoms with Crippen molar-refractivity contribution in [3.8, 4) is 0 Å². The van der Waals surface area contributed by atoms with Crippen molar-refractivity contribution in [2.45, 2.75) is 13.3 Å². The van der Waals surface area contributed by atoms with Crippen LogP contribution in [-0.4, -0.2) is 38.0 Å². The molecule has 0 atom stereocenters. The van der Waals surface area contributed by atoms with Gasteiger partial charge in [0.05, 0.1) is 0 Å². The average molecular weight is 255 g/mol. The van der Waals surface area contributed by atoms with Crippen molar-refractivity contribution in [3.05, 3.63) is 34.3 Å². The van der Waals surface area contributed by atoms with Crippen molar-refractivity contribution in [1.82, 2.24) is 10.2 Å². The number of hydrogen-bond donors (Lipinski definition) is 1. The largest absolute Gasteiger partial charge is 0.342 e. The van der Waals surface area contributed by atoms with Crippen LogP contribution in [0.2, 0.25) is 5.02 Å². The molecule has 94 valence electrons. The smallest absolute Gasteiger partial charge is 0.253 e. The van der Waals surface area contributed by atoms with Crippen LogP contribution >= 0.6 is 11.6 Å². The fourth-order valence-corrected chi connectivity index (χ4v) is 1.81. The highest BCUT2D eigenvalue weighted by atomic mass is 35.5. The van der Waals surface area contributed by atoms with Crippen LogP contribution in [0.25, 0.3) is 0 Å². The zero-order valence-electron chi connectivity index (χ0n) is 10.6. The van der Waals surface area contributed by atoms with E-state index in [9.17, 15) is 4.79 Å². The van der Waals surface area contributed by atoms with E-state index in [2.05, 4.69) is 5.32 Å². The van der Waals surface area contributed by atoms with E-state index in [1.165, 1.54) is 0 Å². The summed E-state index contributed by atoms with van der Waals surface area (Å²) in [6.45, 7) is 3.52. The van der Waals surface area contributed by atoms with Gasteiger partial charge in [0.15, 0.2) is 0 Å². The summed E-state index contributed by atoms with van der Waals surface area (Å²) in [6.07, 6.45) is 0.943. The van der Waals surface area contributed by atoms with Gasteiger partial charge in [-0.1, -0.05) is 17.7 Å². The monoisotopic (exact) mass is 254 g/mol. The van der Waals surface area contributed by atoms with E-state index in [1.54, 1.807) is 11.0 Å². The van der Waals surface area contributed by atoms with Crippen LogP contribution < -0.4 is 5.32 Å². The van der Waals surface area contributed by atoms with E-state index < -0.39 is 0 Å². The number of benzene rings is 1. The third kappa shape index (κ3) is 3.72. The molecule has 0 unspecified atom stereocenters. The van der Waals surface area contributed by atoms with Crippen LogP contribution in [-0.2, 0) is 0 Å². The Labute approximate surface area is 108 Å². The minimum atomic E-state index is 0.0288. The number of nitrogens with zero attached hydrogens (tertiary/aromatic N) is 1. The summed E-state index contributed by atoms with van der Waals surface area (Å²) < 4.78 is 0. The fraction of sp³-hybridized carbons (Fsp3) is 0.462. The molecule has 3 nitrogen and oxygen atoms in total. The number of halogens is 1. The molecule has 0 saturated carbocycles. The second kappa shape index (κ2) is 6.62. The van der Waals surface area contributed by atoms with Crippen molar-refractivity contribution in [1.29, 1.82) is 0 Å². The first kappa shape index (κ1) is 14.0. The standard InChI is InChI=1S/C13H19ClN2O/c1-10-11(6-4-7-12(10)14)13(17)16(3)9-5-8-15-2/h4,6-7,15H,5,8-9H2,1-3H3. The van der Waals surface area contributed by atoms with Crippen LogP contribution in [0.4, 0.5) is 0 Å². The van der Waals surface area contributed by atoms with Gasteiger partial charge in [-0.2, -0.15) is 0 Å². The Hall–Kier alpha value is -1.06. The van der Waals surface area contributed by atoms with Gasteiger partial charge in [0.2, 0.25) is 0 Å². The molecule has 17 heavy (non-hydrogen) atoms. The average Bonchev–Trinajstić information content (AvgIpc) is 2.32. The topological polar surface area (TPSA) is 32.3 Å².